The van der Waals surface area contributed by atoms with Gasteiger partial charge >= 0.3 is 0 Å². The van der Waals surface area contributed by atoms with Crippen LogP contribution in [0.4, 0.5) is 0 Å². The molecule has 0 radical (unpaired) electrons. The molecule has 0 saturated heterocycles. The fourth-order valence-electron chi connectivity index (χ4n) is 3.35. The van der Waals surface area contributed by atoms with Crippen LogP contribution in [-0.4, -0.2) is 17.5 Å². The lowest BCUT2D eigenvalue weighted by Gasteiger charge is -2.25. The van der Waals surface area contributed by atoms with Crippen molar-refractivity contribution in [2.75, 3.05) is 6.61 Å². The highest BCUT2D eigenvalue weighted by Crippen LogP contribution is 2.42. The van der Waals surface area contributed by atoms with E-state index in [-0.39, 0.29) is 28.3 Å². The van der Waals surface area contributed by atoms with Gasteiger partial charge in [-0.3, -0.25) is 4.79 Å². The summed E-state index contributed by atoms with van der Waals surface area (Å²) >= 11 is 0. The second kappa shape index (κ2) is 6.87. The van der Waals surface area contributed by atoms with Crippen LogP contribution in [0.2, 0.25) is 0 Å². The number of ketones is 1. The van der Waals surface area contributed by atoms with Gasteiger partial charge in [-0.25, -0.2) is 0 Å². The Bertz CT molecular complexity index is 936. The molecule has 0 unspecified atom stereocenters. The maximum atomic E-state index is 12.0. The summed E-state index contributed by atoms with van der Waals surface area (Å²) in [5, 5.41) is 11.4. The van der Waals surface area contributed by atoms with Crippen molar-refractivity contribution in [2.45, 2.75) is 34.1 Å². The molecule has 0 aliphatic carbocycles. The number of ether oxygens (including phenoxy) is 1. The molecule has 4 nitrogen and oxygen atoms in total. The van der Waals surface area contributed by atoms with Gasteiger partial charge in [-0.05, 0) is 37.5 Å². The topological polar surface area (TPSA) is 59.7 Å². The number of aryl methyl sites for hydroxylation is 1. The number of furan rings is 1. The molecule has 26 heavy (non-hydrogen) atoms. The third-order valence-corrected chi connectivity index (χ3v) is 4.59. The second-order valence-electron chi connectivity index (χ2n) is 7.51. The van der Waals surface area contributed by atoms with Gasteiger partial charge in [-0.1, -0.05) is 44.2 Å². The molecule has 0 fully saturated rings. The van der Waals surface area contributed by atoms with E-state index in [0.29, 0.717) is 17.8 Å². The molecule has 4 heteroatoms. The second-order valence-corrected chi connectivity index (χ2v) is 7.51. The highest BCUT2D eigenvalue weighted by Gasteiger charge is 2.26. The number of phenols is 1. The minimum atomic E-state index is -0.198. The first-order valence-electron chi connectivity index (χ1n) is 8.70. The first-order chi connectivity index (χ1) is 12.3. The molecule has 2 aromatic carbocycles. The normalized spacial score (nSPS) is 11.7. The molecular weight excluding hydrogens is 328 g/mol. The van der Waals surface area contributed by atoms with Gasteiger partial charge in [-0.2, -0.15) is 0 Å². The number of rotatable bonds is 6. The summed E-state index contributed by atoms with van der Waals surface area (Å²) in [4.78, 5) is 12.0. The third kappa shape index (κ3) is 3.45. The Balaban J connectivity index is 1.91. The number of aromatic hydroxyl groups is 1. The van der Waals surface area contributed by atoms with Crippen molar-refractivity contribution in [1.29, 1.82) is 0 Å². The lowest BCUT2D eigenvalue weighted by molar-refractivity contribution is 0.101. The van der Waals surface area contributed by atoms with Gasteiger partial charge in [0.1, 0.15) is 0 Å². The minimum absolute atomic E-state index is 0.145. The number of hydrogen-bond donors (Lipinski definition) is 1. The minimum Gasteiger partial charge on any atom is -0.504 e. The summed E-state index contributed by atoms with van der Waals surface area (Å²) in [6, 6.07) is 12.0. The number of carbonyl (C=O) groups excluding carboxylic acids is 1. The lowest BCUT2D eigenvalue weighted by atomic mass is 9.86. The molecule has 1 heterocycles. The number of hydrogen-bond acceptors (Lipinski definition) is 4. The molecular formula is C22H24O4. The van der Waals surface area contributed by atoms with Gasteiger partial charge in [0.05, 0.1) is 18.4 Å². The van der Waals surface area contributed by atoms with E-state index in [4.69, 9.17) is 9.15 Å². The van der Waals surface area contributed by atoms with Gasteiger partial charge in [0, 0.05) is 10.8 Å². The summed E-state index contributed by atoms with van der Waals surface area (Å²) in [7, 11) is 0. The van der Waals surface area contributed by atoms with Crippen molar-refractivity contribution in [3.05, 3.63) is 59.4 Å². The Morgan fingerprint density at radius 2 is 1.88 bits per heavy atom. The Morgan fingerprint density at radius 1 is 1.19 bits per heavy atom. The summed E-state index contributed by atoms with van der Waals surface area (Å²) in [5.74, 6) is -0.105. The van der Waals surface area contributed by atoms with E-state index in [1.54, 1.807) is 19.3 Å². The number of Topliss-reactive ketones (excluding diaryl/α,β-unsaturated/α-hetero) is 1. The van der Waals surface area contributed by atoms with E-state index in [1.807, 2.05) is 18.2 Å². The van der Waals surface area contributed by atoms with Crippen molar-refractivity contribution in [1.82, 2.24) is 0 Å². The Hall–Kier alpha value is -2.75. The number of carbonyl (C=O) groups is 1. The van der Waals surface area contributed by atoms with E-state index < -0.39 is 0 Å². The van der Waals surface area contributed by atoms with E-state index in [0.717, 1.165) is 11.8 Å². The Kier molecular flexibility index (Phi) is 4.77. The molecule has 0 atom stereocenters. The van der Waals surface area contributed by atoms with Gasteiger partial charge in [-0.15, -0.1) is 0 Å². The van der Waals surface area contributed by atoms with Crippen molar-refractivity contribution in [3.63, 3.8) is 0 Å². The number of benzene rings is 2. The van der Waals surface area contributed by atoms with Crippen LogP contribution < -0.4 is 4.74 Å². The highest BCUT2D eigenvalue weighted by atomic mass is 16.5. The smallest absolute Gasteiger partial charge is 0.205 e. The summed E-state index contributed by atoms with van der Waals surface area (Å²) in [5.41, 5.74) is 2.53. The standard InChI is InChI=1S/C22H24O4/c1-14-17-10-11-25-20(17)21(19(24)18(14)15(2)23)26-13-22(3,4)12-16-8-6-5-7-9-16/h5-11,24H,12-13H2,1-4H3. The highest BCUT2D eigenvalue weighted by molar-refractivity contribution is 6.05. The molecule has 0 spiro atoms. The third-order valence-electron chi connectivity index (χ3n) is 4.59. The zero-order chi connectivity index (χ0) is 18.9. The molecule has 0 bridgehead atoms. The summed E-state index contributed by atoms with van der Waals surface area (Å²) < 4.78 is 11.5. The van der Waals surface area contributed by atoms with Crippen LogP contribution in [0.25, 0.3) is 11.0 Å². The van der Waals surface area contributed by atoms with Crippen LogP contribution in [0.5, 0.6) is 11.5 Å². The fraction of sp³-hybridized carbons (Fsp3) is 0.318. The van der Waals surface area contributed by atoms with E-state index in [2.05, 4.69) is 26.0 Å². The van der Waals surface area contributed by atoms with Gasteiger partial charge in [0.25, 0.3) is 0 Å². The van der Waals surface area contributed by atoms with Crippen LogP contribution >= 0.6 is 0 Å². The molecule has 3 aromatic rings. The summed E-state index contributed by atoms with van der Waals surface area (Å²) in [6.45, 7) is 7.84. The Labute approximate surface area is 153 Å². The van der Waals surface area contributed by atoms with Crippen molar-refractivity contribution in [2.24, 2.45) is 5.41 Å². The molecule has 0 saturated carbocycles. The van der Waals surface area contributed by atoms with Crippen LogP contribution in [0, 0.1) is 12.3 Å². The van der Waals surface area contributed by atoms with E-state index >= 15 is 0 Å². The first kappa shape index (κ1) is 18.1. The monoisotopic (exact) mass is 352 g/mol. The largest absolute Gasteiger partial charge is 0.504 e. The molecule has 0 amide bonds. The van der Waals surface area contributed by atoms with Gasteiger partial charge in [0.15, 0.2) is 17.1 Å². The van der Waals surface area contributed by atoms with Crippen molar-refractivity contribution < 1.29 is 19.1 Å². The van der Waals surface area contributed by atoms with Crippen molar-refractivity contribution in [3.8, 4) is 11.5 Å². The zero-order valence-electron chi connectivity index (χ0n) is 15.6. The van der Waals surface area contributed by atoms with Crippen LogP contribution in [-0.2, 0) is 6.42 Å². The van der Waals surface area contributed by atoms with E-state index in [9.17, 15) is 9.90 Å². The fourth-order valence-corrected chi connectivity index (χ4v) is 3.35. The number of phenolic OH excluding ortho intramolecular Hbond substituents is 1. The average molecular weight is 352 g/mol. The molecule has 1 aromatic heterocycles. The molecule has 0 aliphatic rings. The van der Waals surface area contributed by atoms with E-state index in [1.165, 1.54) is 12.5 Å². The predicted octanol–water partition coefficient (Wildman–Crippen LogP) is 5.30. The Morgan fingerprint density at radius 3 is 2.54 bits per heavy atom. The number of fused-ring (bicyclic) bond motifs is 1. The quantitative estimate of drug-likeness (QED) is 0.612. The maximum absolute atomic E-state index is 12.0. The molecule has 0 aliphatic heterocycles. The van der Waals surface area contributed by atoms with Crippen LogP contribution in [0.15, 0.2) is 47.1 Å². The molecule has 3 rings (SSSR count). The maximum Gasteiger partial charge on any atom is 0.205 e. The van der Waals surface area contributed by atoms with Crippen LogP contribution in [0.3, 0.4) is 0 Å². The summed E-state index contributed by atoms with van der Waals surface area (Å²) in [6.07, 6.45) is 2.38. The SMILES string of the molecule is CC(=O)c1c(O)c(OCC(C)(C)Cc2ccccc2)c2occc2c1C. The van der Waals surface area contributed by atoms with Gasteiger partial charge in [0.2, 0.25) is 5.75 Å². The van der Waals surface area contributed by atoms with Crippen LogP contribution in [0.1, 0.15) is 42.3 Å². The molecule has 1 N–H and O–H groups in total. The van der Waals surface area contributed by atoms with Gasteiger partial charge < -0.3 is 14.3 Å². The molecule has 136 valence electrons. The average Bonchev–Trinajstić information content (AvgIpc) is 3.04. The lowest BCUT2D eigenvalue weighted by Crippen LogP contribution is -2.24. The predicted molar refractivity (Wildman–Crippen MR) is 102 cm³/mol. The van der Waals surface area contributed by atoms with Crippen molar-refractivity contribution >= 4 is 16.8 Å². The first-order valence-corrected chi connectivity index (χ1v) is 8.70. The zero-order valence-corrected chi connectivity index (χ0v) is 15.6.